The minimum Gasteiger partial charge on any atom is -0.361 e. The lowest BCUT2D eigenvalue weighted by molar-refractivity contribution is -0.114. The molecular formula is C27H32N4O4SSi. The lowest BCUT2D eigenvalue weighted by atomic mass is 10.0. The van der Waals surface area contributed by atoms with E-state index < -0.39 is 18.1 Å². The number of carbonyl (C=O) groups excluding carboxylic acids is 1. The topological polar surface area (TPSA) is 116 Å². The minimum atomic E-state index is -3.87. The molecule has 2 aromatic heterocycles. The molecule has 1 amide bonds. The number of carbonyl (C=O) groups is 1. The second-order valence-electron chi connectivity index (χ2n) is 10.2. The Hall–Kier alpha value is -3.31. The van der Waals surface area contributed by atoms with Gasteiger partial charge >= 0.3 is 0 Å². The van der Waals surface area contributed by atoms with Crippen molar-refractivity contribution in [2.45, 2.75) is 44.2 Å². The molecule has 10 heteroatoms. The predicted molar refractivity (Wildman–Crippen MR) is 150 cm³/mol. The number of amides is 1. The van der Waals surface area contributed by atoms with Gasteiger partial charge in [-0.1, -0.05) is 43.9 Å². The van der Waals surface area contributed by atoms with E-state index in [9.17, 15) is 13.2 Å². The lowest BCUT2D eigenvalue weighted by Crippen LogP contribution is -2.22. The van der Waals surface area contributed by atoms with Crippen molar-refractivity contribution >= 4 is 40.7 Å². The summed E-state index contributed by atoms with van der Waals surface area (Å²) in [4.78, 5) is 16.3. The number of ether oxygens (including phenoxy) is 1. The zero-order chi connectivity index (χ0) is 26.8. The highest BCUT2D eigenvalue weighted by atomic mass is 32.2. The van der Waals surface area contributed by atoms with Crippen LogP contribution in [0, 0.1) is 0 Å². The van der Waals surface area contributed by atoms with E-state index in [0.717, 1.165) is 28.3 Å². The van der Waals surface area contributed by atoms with Gasteiger partial charge in [-0.2, -0.15) is 0 Å². The molecule has 37 heavy (non-hydrogen) atoms. The van der Waals surface area contributed by atoms with Crippen LogP contribution in [-0.2, 0) is 26.3 Å². The minimum absolute atomic E-state index is 0.0395. The van der Waals surface area contributed by atoms with Gasteiger partial charge in [0.15, 0.2) is 0 Å². The number of nitrogens with one attached hydrogen (secondary N) is 1. The highest BCUT2D eigenvalue weighted by Gasteiger charge is 2.18. The first-order valence-corrected chi connectivity index (χ1v) is 17.2. The first-order chi connectivity index (χ1) is 17.4. The van der Waals surface area contributed by atoms with Gasteiger partial charge in [-0.25, -0.2) is 18.5 Å². The van der Waals surface area contributed by atoms with Crippen molar-refractivity contribution in [1.29, 1.82) is 0 Å². The molecule has 0 aliphatic rings. The summed E-state index contributed by atoms with van der Waals surface area (Å²) in [6, 6.07) is 19.1. The molecule has 0 bridgehead atoms. The number of anilines is 1. The normalized spacial score (nSPS) is 12.1. The van der Waals surface area contributed by atoms with Crippen LogP contribution in [0.25, 0.3) is 33.4 Å². The van der Waals surface area contributed by atoms with Crippen molar-refractivity contribution in [2.24, 2.45) is 5.14 Å². The molecule has 4 rings (SSSR count). The molecule has 4 aromatic rings. The molecule has 2 aromatic carbocycles. The molecule has 0 atom stereocenters. The molecule has 0 saturated carbocycles. The maximum atomic E-state index is 12.0. The van der Waals surface area contributed by atoms with E-state index in [2.05, 4.69) is 29.9 Å². The third-order valence-electron chi connectivity index (χ3n) is 5.97. The number of hydrogen-bond acceptors (Lipinski definition) is 5. The van der Waals surface area contributed by atoms with Crippen LogP contribution in [0.2, 0.25) is 25.7 Å². The number of primary sulfonamides is 1. The van der Waals surface area contributed by atoms with Crippen LogP contribution in [0.4, 0.5) is 5.69 Å². The van der Waals surface area contributed by atoms with Crippen molar-refractivity contribution in [3.63, 3.8) is 0 Å². The van der Waals surface area contributed by atoms with Gasteiger partial charge in [0.25, 0.3) is 0 Å². The number of hydrogen-bond donors (Lipinski definition) is 2. The number of fused-ring (bicyclic) bond motifs is 1. The van der Waals surface area contributed by atoms with Crippen molar-refractivity contribution in [1.82, 2.24) is 9.55 Å². The van der Waals surface area contributed by atoms with Gasteiger partial charge in [-0.05, 0) is 59.1 Å². The number of rotatable bonds is 9. The fourth-order valence-electron chi connectivity index (χ4n) is 4.10. The molecule has 0 aliphatic carbocycles. The lowest BCUT2D eigenvalue weighted by Gasteiger charge is -2.17. The van der Waals surface area contributed by atoms with Crippen LogP contribution in [0.5, 0.6) is 0 Å². The fourth-order valence-corrected chi connectivity index (χ4v) is 5.42. The van der Waals surface area contributed by atoms with E-state index in [-0.39, 0.29) is 17.5 Å². The Kier molecular flexibility index (Phi) is 7.65. The summed E-state index contributed by atoms with van der Waals surface area (Å²) in [6.45, 7) is 9.27. The summed E-state index contributed by atoms with van der Waals surface area (Å²) in [5.74, 6) is -0.143. The second-order valence-corrected chi connectivity index (χ2v) is 17.4. The summed E-state index contributed by atoms with van der Waals surface area (Å²) < 4.78 is 32.1. The van der Waals surface area contributed by atoms with Crippen LogP contribution >= 0.6 is 0 Å². The van der Waals surface area contributed by atoms with E-state index >= 15 is 0 Å². The van der Waals surface area contributed by atoms with Crippen molar-refractivity contribution in [2.75, 3.05) is 11.9 Å². The zero-order valence-electron chi connectivity index (χ0n) is 21.5. The van der Waals surface area contributed by atoms with Gasteiger partial charge in [-0.3, -0.25) is 4.79 Å². The number of nitrogens with two attached hydrogens (primary N) is 1. The van der Waals surface area contributed by atoms with Crippen LogP contribution in [0.15, 0.2) is 71.8 Å². The highest BCUT2D eigenvalue weighted by molar-refractivity contribution is 7.89. The maximum Gasteiger partial charge on any atom is 0.238 e. The molecule has 0 spiro atoms. The van der Waals surface area contributed by atoms with Crippen molar-refractivity contribution in [3.05, 3.63) is 66.9 Å². The number of benzene rings is 2. The average molecular weight is 537 g/mol. The molecule has 0 fully saturated rings. The standard InChI is InChI=1S/C27H32N4O4SSi/c1-19(32)30-22-9-5-7-20(15-22)24-11-12-29-27-25(24)17-26(31(27)18-35-13-14-37(2,3)4)21-8-6-10-23(16-21)36(28,33)34/h5-12,15-17H,13-14,18H2,1-4H3,(H,30,32)(H2,28,33,34). The molecule has 194 valence electrons. The molecule has 8 nitrogen and oxygen atoms in total. The monoisotopic (exact) mass is 536 g/mol. The first kappa shape index (κ1) is 26.7. The summed E-state index contributed by atoms with van der Waals surface area (Å²) >= 11 is 0. The maximum absolute atomic E-state index is 12.0. The Bertz CT molecular complexity index is 1560. The molecule has 0 aliphatic heterocycles. The summed E-state index contributed by atoms with van der Waals surface area (Å²) in [5.41, 5.74) is 4.72. The number of aromatic nitrogens is 2. The van der Waals surface area contributed by atoms with Gasteiger partial charge in [0, 0.05) is 38.9 Å². The number of pyridine rings is 1. The second kappa shape index (κ2) is 10.6. The molecule has 3 N–H and O–H groups in total. The van der Waals surface area contributed by atoms with E-state index in [0.29, 0.717) is 23.5 Å². The van der Waals surface area contributed by atoms with Gasteiger partial charge < -0.3 is 14.6 Å². The fraction of sp³-hybridized carbons (Fsp3) is 0.259. The number of nitrogens with zero attached hydrogens (tertiary/aromatic N) is 2. The van der Waals surface area contributed by atoms with Gasteiger partial charge in [0.1, 0.15) is 12.4 Å². The molecular weight excluding hydrogens is 504 g/mol. The van der Waals surface area contributed by atoms with Crippen molar-refractivity contribution < 1.29 is 17.9 Å². The molecule has 0 radical (unpaired) electrons. The summed E-state index contributed by atoms with van der Waals surface area (Å²) in [7, 11) is -5.14. The SMILES string of the molecule is CC(=O)Nc1cccc(-c2ccnc3c2cc(-c2cccc(S(N)(=O)=O)c2)n3COCC[Si](C)(C)C)c1. The van der Waals surface area contributed by atoms with Gasteiger partial charge in [0.2, 0.25) is 15.9 Å². The Morgan fingerprint density at radius 1 is 1.05 bits per heavy atom. The first-order valence-electron chi connectivity index (χ1n) is 12.0. The average Bonchev–Trinajstić information content (AvgIpc) is 3.19. The summed E-state index contributed by atoms with van der Waals surface area (Å²) in [5, 5.41) is 9.12. The highest BCUT2D eigenvalue weighted by Crippen LogP contribution is 2.35. The van der Waals surface area contributed by atoms with E-state index in [4.69, 9.17) is 9.88 Å². The third kappa shape index (κ3) is 6.52. The Labute approximate surface area is 218 Å². The Balaban J connectivity index is 1.84. The van der Waals surface area contributed by atoms with E-state index in [1.165, 1.54) is 13.0 Å². The Morgan fingerprint density at radius 3 is 2.49 bits per heavy atom. The van der Waals surface area contributed by atoms with Crippen LogP contribution in [0.1, 0.15) is 6.92 Å². The van der Waals surface area contributed by atoms with E-state index in [1.807, 2.05) is 47.0 Å². The van der Waals surface area contributed by atoms with Crippen molar-refractivity contribution in [3.8, 4) is 22.4 Å². The zero-order valence-corrected chi connectivity index (χ0v) is 23.3. The smallest absolute Gasteiger partial charge is 0.238 e. The predicted octanol–water partition coefficient (Wildman–Crippen LogP) is 5.29. The Morgan fingerprint density at radius 2 is 1.78 bits per heavy atom. The molecule has 0 saturated heterocycles. The largest absolute Gasteiger partial charge is 0.361 e. The van der Waals surface area contributed by atoms with Gasteiger partial charge in [-0.15, -0.1) is 0 Å². The quantitative estimate of drug-likeness (QED) is 0.223. The van der Waals surface area contributed by atoms with Crippen LogP contribution < -0.4 is 10.5 Å². The third-order valence-corrected chi connectivity index (χ3v) is 8.58. The van der Waals surface area contributed by atoms with E-state index in [1.54, 1.807) is 18.3 Å². The summed E-state index contributed by atoms with van der Waals surface area (Å²) in [6.07, 6.45) is 1.74. The number of sulfonamides is 1. The van der Waals surface area contributed by atoms with Crippen LogP contribution in [-0.4, -0.2) is 38.6 Å². The molecule has 0 unspecified atom stereocenters. The van der Waals surface area contributed by atoms with Crippen LogP contribution in [0.3, 0.4) is 0 Å². The van der Waals surface area contributed by atoms with Gasteiger partial charge in [0.05, 0.1) is 10.6 Å². The molecule has 2 heterocycles.